The molecule has 1 aromatic carbocycles. The standard InChI is InChI=1S/C12H13NO3/c1-2-10(8-15)13-12(16)11-6-4-3-5-9(11)7-14/h2-7,10,15H,1,8H2,(H,13,16). The summed E-state index contributed by atoms with van der Waals surface area (Å²) < 4.78 is 0. The Kier molecular flexibility index (Phi) is 4.42. The molecule has 0 aliphatic heterocycles. The van der Waals surface area contributed by atoms with Gasteiger partial charge in [0.1, 0.15) is 0 Å². The second kappa shape index (κ2) is 5.82. The van der Waals surface area contributed by atoms with Crippen LogP contribution >= 0.6 is 0 Å². The van der Waals surface area contributed by atoms with E-state index in [9.17, 15) is 9.59 Å². The van der Waals surface area contributed by atoms with Crippen LogP contribution in [0.1, 0.15) is 20.7 Å². The Morgan fingerprint density at radius 2 is 2.19 bits per heavy atom. The van der Waals surface area contributed by atoms with E-state index in [1.165, 1.54) is 6.08 Å². The van der Waals surface area contributed by atoms with Gasteiger partial charge >= 0.3 is 0 Å². The Bertz CT molecular complexity index is 401. The number of hydrogen-bond acceptors (Lipinski definition) is 3. The third-order valence-electron chi connectivity index (χ3n) is 2.13. The van der Waals surface area contributed by atoms with Gasteiger partial charge in [0.2, 0.25) is 0 Å². The molecule has 1 unspecified atom stereocenters. The molecule has 0 bridgehead atoms. The average Bonchev–Trinajstić information content (AvgIpc) is 2.35. The third kappa shape index (κ3) is 2.77. The molecule has 84 valence electrons. The molecule has 0 aromatic heterocycles. The highest BCUT2D eigenvalue weighted by Crippen LogP contribution is 2.06. The van der Waals surface area contributed by atoms with Gasteiger partial charge in [-0.15, -0.1) is 6.58 Å². The molecular weight excluding hydrogens is 206 g/mol. The number of aliphatic hydroxyl groups excluding tert-OH is 1. The van der Waals surface area contributed by atoms with Gasteiger partial charge in [-0.3, -0.25) is 9.59 Å². The van der Waals surface area contributed by atoms with Gasteiger partial charge in [0.25, 0.3) is 5.91 Å². The van der Waals surface area contributed by atoms with Gasteiger partial charge in [0.05, 0.1) is 12.6 Å². The lowest BCUT2D eigenvalue weighted by Gasteiger charge is -2.12. The fraction of sp³-hybridized carbons (Fsp3) is 0.167. The predicted octanol–water partition coefficient (Wildman–Crippen LogP) is 0.776. The molecule has 0 aliphatic rings. The minimum absolute atomic E-state index is 0.224. The summed E-state index contributed by atoms with van der Waals surface area (Å²) in [4.78, 5) is 22.4. The first-order valence-electron chi connectivity index (χ1n) is 4.81. The van der Waals surface area contributed by atoms with E-state index in [4.69, 9.17) is 5.11 Å². The number of hydrogen-bond donors (Lipinski definition) is 2. The molecule has 1 rings (SSSR count). The molecule has 0 fully saturated rings. The number of benzene rings is 1. The fourth-order valence-corrected chi connectivity index (χ4v) is 1.23. The van der Waals surface area contributed by atoms with Gasteiger partial charge in [-0.1, -0.05) is 24.3 Å². The van der Waals surface area contributed by atoms with Crippen molar-refractivity contribution in [2.24, 2.45) is 0 Å². The molecule has 1 atom stereocenters. The monoisotopic (exact) mass is 219 g/mol. The third-order valence-corrected chi connectivity index (χ3v) is 2.13. The molecule has 4 nitrogen and oxygen atoms in total. The van der Waals surface area contributed by atoms with E-state index >= 15 is 0 Å². The number of aliphatic hydroxyl groups is 1. The zero-order valence-electron chi connectivity index (χ0n) is 8.72. The van der Waals surface area contributed by atoms with Crippen LogP contribution in [0.3, 0.4) is 0 Å². The van der Waals surface area contributed by atoms with Gasteiger partial charge in [0, 0.05) is 11.1 Å². The summed E-state index contributed by atoms with van der Waals surface area (Å²) in [7, 11) is 0. The SMILES string of the molecule is C=CC(CO)NC(=O)c1ccccc1C=O. The summed E-state index contributed by atoms with van der Waals surface area (Å²) in [5.74, 6) is -0.401. The van der Waals surface area contributed by atoms with Gasteiger partial charge in [-0.05, 0) is 6.07 Å². The summed E-state index contributed by atoms with van der Waals surface area (Å²) in [6, 6.07) is 5.95. The molecule has 0 saturated heterocycles. The van der Waals surface area contributed by atoms with E-state index in [2.05, 4.69) is 11.9 Å². The second-order valence-corrected chi connectivity index (χ2v) is 3.20. The van der Waals surface area contributed by atoms with Crippen LogP contribution in [0.25, 0.3) is 0 Å². The highest BCUT2D eigenvalue weighted by Gasteiger charge is 2.12. The maximum absolute atomic E-state index is 11.7. The van der Waals surface area contributed by atoms with Crippen LogP contribution in [0.5, 0.6) is 0 Å². The van der Waals surface area contributed by atoms with E-state index in [1.54, 1.807) is 24.3 Å². The molecule has 1 amide bonds. The van der Waals surface area contributed by atoms with Crippen LogP contribution in [-0.4, -0.2) is 29.9 Å². The van der Waals surface area contributed by atoms with Crippen molar-refractivity contribution >= 4 is 12.2 Å². The Labute approximate surface area is 93.6 Å². The first kappa shape index (κ1) is 12.1. The molecule has 4 heteroatoms. The zero-order valence-corrected chi connectivity index (χ0v) is 8.72. The van der Waals surface area contributed by atoms with Crippen molar-refractivity contribution in [1.29, 1.82) is 0 Å². The van der Waals surface area contributed by atoms with Gasteiger partial charge in [-0.25, -0.2) is 0 Å². The van der Waals surface area contributed by atoms with E-state index in [0.29, 0.717) is 11.8 Å². The lowest BCUT2D eigenvalue weighted by atomic mass is 10.1. The molecule has 0 radical (unpaired) electrons. The lowest BCUT2D eigenvalue weighted by Crippen LogP contribution is -2.36. The van der Waals surface area contributed by atoms with Crippen LogP contribution in [0.15, 0.2) is 36.9 Å². The topological polar surface area (TPSA) is 66.4 Å². The second-order valence-electron chi connectivity index (χ2n) is 3.20. The van der Waals surface area contributed by atoms with Crippen molar-refractivity contribution in [3.63, 3.8) is 0 Å². The largest absolute Gasteiger partial charge is 0.394 e. The Morgan fingerprint density at radius 3 is 2.75 bits per heavy atom. The first-order valence-corrected chi connectivity index (χ1v) is 4.81. The minimum atomic E-state index is -0.507. The summed E-state index contributed by atoms with van der Waals surface area (Å²) in [5, 5.41) is 11.4. The summed E-state index contributed by atoms with van der Waals surface area (Å²) in [5.41, 5.74) is 0.610. The van der Waals surface area contributed by atoms with Crippen molar-refractivity contribution < 1.29 is 14.7 Å². The summed E-state index contributed by atoms with van der Waals surface area (Å²) in [6.45, 7) is 3.25. The number of nitrogens with one attached hydrogen (secondary N) is 1. The number of carbonyl (C=O) groups excluding carboxylic acids is 2. The molecule has 2 N–H and O–H groups in total. The highest BCUT2D eigenvalue weighted by molar-refractivity contribution is 6.01. The predicted molar refractivity (Wildman–Crippen MR) is 60.4 cm³/mol. The van der Waals surface area contributed by atoms with Crippen molar-refractivity contribution in [3.8, 4) is 0 Å². The van der Waals surface area contributed by atoms with Crippen LogP contribution in [0, 0.1) is 0 Å². The van der Waals surface area contributed by atoms with Gasteiger partial charge in [-0.2, -0.15) is 0 Å². The van der Waals surface area contributed by atoms with E-state index in [1.807, 2.05) is 0 Å². The molecule has 0 heterocycles. The molecule has 0 saturated carbocycles. The van der Waals surface area contributed by atoms with E-state index in [0.717, 1.165) is 0 Å². The Hall–Kier alpha value is -1.94. The Balaban J connectivity index is 2.87. The molecule has 16 heavy (non-hydrogen) atoms. The van der Waals surface area contributed by atoms with E-state index < -0.39 is 11.9 Å². The molecule has 1 aromatic rings. The van der Waals surface area contributed by atoms with Gasteiger partial charge < -0.3 is 10.4 Å². The van der Waals surface area contributed by atoms with E-state index in [-0.39, 0.29) is 12.2 Å². The van der Waals surface area contributed by atoms with Gasteiger partial charge in [0.15, 0.2) is 6.29 Å². The van der Waals surface area contributed by atoms with Crippen LogP contribution < -0.4 is 5.32 Å². The van der Waals surface area contributed by atoms with Crippen molar-refractivity contribution in [3.05, 3.63) is 48.0 Å². The maximum atomic E-state index is 11.7. The number of amides is 1. The smallest absolute Gasteiger partial charge is 0.252 e. The molecule has 0 aliphatic carbocycles. The van der Waals surface area contributed by atoms with Crippen LogP contribution in [-0.2, 0) is 0 Å². The van der Waals surface area contributed by atoms with Crippen LogP contribution in [0.4, 0.5) is 0 Å². The van der Waals surface area contributed by atoms with Crippen molar-refractivity contribution in [2.75, 3.05) is 6.61 Å². The fourth-order valence-electron chi connectivity index (χ4n) is 1.23. The van der Waals surface area contributed by atoms with Crippen molar-refractivity contribution in [1.82, 2.24) is 5.32 Å². The van der Waals surface area contributed by atoms with Crippen LogP contribution in [0.2, 0.25) is 0 Å². The molecule has 0 spiro atoms. The maximum Gasteiger partial charge on any atom is 0.252 e. The summed E-state index contributed by atoms with van der Waals surface area (Å²) >= 11 is 0. The normalized spacial score (nSPS) is 11.6. The number of carbonyl (C=O) groups is 2. The average molecular weight is 219 g/mol. The zero-order chi connectivity index (χ0) is 12.0. The number of aldehydes is 1. The summed E-state index contributed by atoms with van der Waals surface area (Å²) in [6.07, 6.45) is 2.05. The highest BCUT2D eigenvalue weighted by atomic mass is 16.3. The number of rotatable bonds is 5. The minimum Gasteiger partial charge on any atom is -0.394 e. The lowest BCUT2D eigenvalue weighted by molar-refractivity contribution is 0.0925. The Morgan fingerprint density at radius 1 is 1.50 bits per heavy atom. The van der Waals surface area contributed by atoms with Crippen molar-refractivity contribution in [2.45, 2.75) is 6.04 Å². The quantitative estimate of drug-likeness (QED) is 0.568. The first-order chi connectivity index (χ1) is 7.72. The molecular formula is C12H13NO3.